The Balaban J connectivity index is 2.07. The van der Waals surface area contributed by atoms with Crippen LogP contribution in [0, 0.1) is 0 Å². The topological polar surface area (TPSA) is 60.9 Å². The van der Waals surface area contributed by atoms with Crippen LogP contribution in [-0.4, -0.2) is 39.4 Å². The van der Waals surface area contributed by atoms with Crippen LogP contribution < -0.4 is 0 Å². The summed E-state index contributed by atoms with van der Waals surface area (Å²) in [6.07, 6.45) is -4.32. The van der Waals surface area contributed by atoms with Crippen molar-refractivity contribution in [2.24, 2.45) is 0 Å². The normalized spacial score (nSPS) is 20.2. The summed E-state index contributed by atoms with van der Waals surface area (Å²) in [7, 11) is 0. The first kappa shape index (κ1) is 24.4. The fraction of sp³-hybridized carbons (Fsp3) is 0.391. The zero-order chi connectivity index (χ0) is 23.4. The molecule has 9 heteroatoms. The van der Waals surface area contributed by atoms with Crippen molar-refractivity contribution in [2.75, 3.05) is 0 Å². The highest BCUT2D eigenvalue weighted by molar-refractivity contribution is 6.36. The highest BCUT2D eigenvalue weighted by Crippen LogP contribution is 2.46. The van der Waals surface area contributed by atoms with E-state index in [9.17, 15) is 23.5 Å². The van der Waals surface area contributed by atoms with Gasteiger partial charge in [-0.1, -0.05) is 66.0 Å². The Bertz CT molecular complexity index is 941. The molecule has 172 valence electrons. The van der Waals surface area contributed by atoms with Crippen molar-refractivity contribution in [2.45, 2.75) is 57.3 Å². The molecule has 1 aliphatic heterocycles. The number of alkyl halides is 2. The van der Waals surface area contributed by atoms with Crippen molar-refractivity contribution < 1.29 is 23.5 Å². The minimum atomic E-state index is -2.42. The number of carbonyl (C=O) groups is 2. The summed E-state index contributed by atoms with van der Waals surface area (Å²) in [4.78, 5) is 28.0. The third-order valence-electron chi connectivity index (χ3n) is 5.75. The lowest BCUT2D eigenvalue weighted by atomic mass is 10.0. The number of amides is 2. The lowest BCUT2D eigenvalue weighted by Gasteiger charge is -2.36. The Labute approximate surface area is 195 Å². The van der Waals surface area contributed by atoms with Gasteiger partial charge in [0.2, 0.25) is 6.43 Å². The summed E-state index contributed by atoms with van der Waals surface area (Å²) in [5.74, 6) is -0.613. The van der Waals surface area contributed by atoms with Crippen molar-refractivity contribution >= 4 is 35.2 Å². The molecule has 5 nitrogen and oxygen atoms in total. The number of unbranched alkanes of at least 4 members (excludes halogenated alkanes) is 1. The molecule has 32 heavy (non-hydrogen) atoms. The molecule has 1 heterocycles. The fourth-order valence-corrected chi connectivity index (χ4v) is 4.83. The number of carbonyl (C=O) groups excluding carboxylic acids is 1. The number of imide groups is 1. The minimum Gasteiger partial charge on any atom is -0.465 e. The van der Waals surface area contributed by atoms with Crippen LogP contribution in [0.4, 0.5) is 13.6 Å². The number of halogens is 4. The summed E-state index contributed by atoms with van der Waals surface area (Å²) in [5, 5.41) is 10.4. The number of rotatable bonds is 8. The van der Waals surface area contributed by atoms with Crippen LogP contribution in [-0.2, 0) is 4.79 Å². The van der Waals surface area contributed by atoms with E-state index in [0.717, 1.165) is 10.5 Å². The minimum absolute atomic E-state index is 0.236. The van der Waals surface area contributed by atoms with Crippen LogP contribution in [0.3, 0.4) is 0 Å². The molecule has 0 radical (unpaired) electrons. The Hall–Kier alpha value is -2.22. The third-order valence-corrected chi connectivity index (χ3v) is 6.41. The van der Waals surface area contributed by atoms with E-state index in [-0.39, 0.29) is 35.3 Å². The molecule has 3 atom stereocenters. The van der Waals surface area contributed by atoms with E-state index in [0.29, 0.717) is 12.0 Å². The smallest absolute Gasteiger partial charge is 0.415 e. The summed E-state index contributed by atoms with van der Waals surface area (Å²) in [6.45, 7) is 1.87. The zero-order valence-electron chi connectivity index (χ0n) is 17.4. The predicted octanol–water partition coefficient (Wildman–Crippen LogP) is 6.77. The van der Waals surface area contributed by atoms with Gasteiger partial charge in [0.05, 0.1) is 6.04 Å². The zero-order valence-corrected chi connectivity index (χ0v) is 18.9. The van der Waals surface area contributed by atoms with Gasteiger partial charge in [0.15, 0.2) is 0 Å². The van der Waals surface area contributed by atoms with Gasteiger partial charge in [-0.2, -0.15) is 0 Å². The standard InChI is InChI=1S/C23H24Cl2F2N2O3/c1-14(15-8-3-2-4-9-15)28-18(12-5-6-13-19(26)27)22(30)29(23(31)32)21(28)20-16(24)10-7-11-17(20)25/h2-4,7-11,14,18-19,21H,5-6,12-13H2,1H3,(H,31,32)/t14-,18+,21-/m1/s1. The van der Waals surface area contributed by atoms with Crippen molar-refractivity contribution in [3.63, 3.8) is 0 Å². The van der Waals surface area contributed by atoms with Crippen LogP contribution in [0.5, 0.6) is 0 Å². The molecule has 2 amide bonds. The van der Waals surface area contributed by atoms with Gasteiger partial charge in [0.1, 0.15) is 6.17 Å². The second-order valence-corrected chi connectivity index (χ2v) is 8.54. The van der Waals surface area contributed by atoms with Gasteiger partial charge < -0.3 is 5.11 Å². The lowest BCUT2D eigenvalue weighted by molar-refractivity contribution is -0.128. The number of carboxylic acid groups (broad SMARTS) is 1. The van der Waals surface area contributed by atoms with E-state index in [1.165, 1.54) is 0 Å². The highest BCUT2D eigenvalue weighted by Gasteiger charge is 2.52. The molecule has 0 aromatic heterocycles. The van der Waals surface area contributed by atoms with Gasteiger partial charge in [-0.3, -0.25) is 9.69 Å². The quantitative estimate of drug-likeness (QED) is 0.420. The molecule has 0 unspecified atom stereocenters. The molecule has 0 spiro atoms. The average molecular weight is 485 g/mol. The van der Waals surface area contributed by atoms with E-state index in [1.54, 1.807) is 23.1 Å². The molecule has 2 aromatic rings. The van der Waals surface area contributed by atoms with Crippen molar-refractivity contribution in [3.8, 4) is 0 Å². The maximum absolute atomic E-state index is 13.3. The van der Waals surface area contributed by atoms with Crippen molar-refractivity contribution in [1.29, 1.82) is 0 Å². The van der Waals surface area contributed by atoms with E-state index in [2.05, 4.69) is 0 Å². The van der Waals surface area contributed by atoms with Gasteiger partial charge >= 0.3 is 6.09 Å². The van der Waals surface area contributed by atoms with Crippen LogP contribution in [0.15, 0.2) is 48.5 Å². The SMILES string of the molecule is C[C@H](c1ccccc1)N1[C@@H](CCCCC(F)F)C(=O)N(C(=O)O)[C@@H]1c1c(Cl)cccc1Cl. The predicted molar refractivity (Wildman–Crippen MR) is 119 cm³/mol. The van der Waals surface area contributed by atoms with E-state index in [1.807, 2.05) is 37.3 Å². The Morgan fingerprint density at radius 3 is 2.25 bits per heavy atom. The molecule has 2 aromatic carbocycles. The van der Waals surface area contributed by atoms with Crippen LogP contribution in [0.2, 0.25) is 10.0 Å². The molecular weight excluding hydrogens is 461 g/mol. The van der Waals surface area contributed by atoms with Gasteiger partial charge in [0.25, 0.3) is 5.91 Å². The fourth-order valence-electron chi connectivity index (χ4n) is 4.24. The number of benzene rings is 2. The average Bonchev–Trinajstić information content (AvgIpc) is 3.03. The largest absolute Gasteiger partial charge is 0.465 e. The van der Waals surface area contributed by atoms with E-state index >= 15 is 0 Å². The first-order valence-corrected chi connectivity index (χ1v) is 11.1. The van der Waals surface area contributed by atoms with Crippen LogP contribution >= 0.6 is 23.2 Å². The molecule has 0 bridgehead atoms. The van der Waals surface area contributed by atoms with Crippen LogP contribution in [0.1, 0.15) is 55.9 Å². The Kier molecular flexibility index (Phi) is 8.09. The van der Waals surface area contributed by atoms with Gasteiger partial charge in [0, 0.05) is 28.1 Å². The third kappa shape index (κ3) is 5.05. The van der Waals surface area contributed by atoms with Crippen molar-refractivity contribution in [1.82, 2.24) is 9.80 Å². The second kappa shape index (κ2) is 10.6. The maximum Gasteiger partial charge on any atom is 0.415 e. The molecule has 1 N–H and O–H groups in total. The van der Waals surface area contributed by atoms with Crippen molar-refractivity contribution in [3.05, 3.63) is 69.7 Å². The molecule has 0 aliphatic carbocycles. The molecule has 0 saturated carbocycles. The van der Waals surface area contributed by atoms with Gasteiger partial charge in [-0.15, -0.1) is 0 Å². The number of hydrogen-bond acceptors (Lipinski definition) is 3. The Morgan fingerprint density at radius 2 is 1.69 bits per heavy atom. The highest BCUT2D eigenvalue weighted by atomic mass is 35.5. The van der Waals surface area contributed by atoms with Crippen LogP contribution in [0.25, 0.3) is 0 Å². The monoisotopic (exact) mass is 484 g/mol. The second-order valence-electron chi connectivity index (χ2n) is 7.73. The Morgan fingerprint density at radius 1 is 1.06 bits per heavy atom. The molecule has 1 saturated heterocycles. The number of nitrogens with zero attached hydrogens (tertiary/aromatic N) is 2. The molecular formula is C23H24Cl2F2N2O3. The summed E-state index contributed by atoms with van der Waals surface area (Å²) >= 11 is 12.9. The molecule has 1 fully saturated rings. The van der Waals surface area contributed by atoms with Gasteiger partial charge in [-0.25, -0.2) is 18.5 Å². The number of hydrogen-bond donors (Lipinski definition) is 1. The van der Waals surface area contributed by atoms with E-state index < -0.39 is 30.6 Å². The lowest BCUT2D eigenvalue weighted by Crippen LogP contribution is -2.37. The maximum atomic E-state index is 13.3. The summed E-state index contributed by atoms with van der Waals surface area (Å²) in [5.41, 5.74) is 1.20. The summed E-state index contributed by atoms with van der Waals surface area (Å²) < 4.78 is 25.2. The molecule has 1 aliphatic rings. The first-order chi connectivity index (χ1) is 15.2. The van der Waals surface area contributed by atoms with E-state index in [4.69, 9.17) is 23.2 Å². The first-order valence-electron chi connectivity index (χ1n) is 10.3. The summed E-state index contributed by atoms with van der Waals surface area (Å²) in [6, 6.07) is 13.0. The molecule has 3 rings (SSSR count). The van der Waals surface area contributed by atoms with Gasteiger partial charge in [-0.05, 0) is 37.5 Å².